The zero-order valence-corrected chi connectivity index (χ0v) is 13.4. The van der Waals surface area contributed by atoms with Crippen LogP contribution in [0.15, 0.2) is 54.6 Å². The number of hydrogen-bond acceptors (Lipinski definition) is 2. The van der Waals surface area contributed by atoms with Gasteiger partial charge in [0.25, 0.3) is 0 Å². The number of amides is 1. The number of nitrogens with one attached hydrogen (secondary N) is 1. The molecule has 0 saturated heterocycles. The first kappa shape index (κ1) is 16.5. The Morgan fingerprint density at radius 1 is 1.13 bits per heavy atom. The second-order valence-corrected chi connectivity index (χ2v) is 5.68. The second kappa shape index (κ2) is 7.95. The highest BCUT2D eigenvalue weighted by atomic mass is 16.1. The highest BCUT2D eigenvalue weighted by Gasteiger charge is 2.00. The van der Waals surface area contributed by atoms with Gasteiger partial charge in [0.1, 0.15) is 0 Å². The largest absolute Gasteiger partial charge is 0.323 e. The van der Waals surface area contributed by atoms with Crippen molar-refractivity contribution in [2.45, 2.75) is 26.2 Å². The van der Waals surface area contributed by atoms with Crippen molar-refractivity contribution in [3.63, 3.8) is 0 Å². The quantitative estimate of drug-likeness (QED) is 0.825. The summed E-state index contributed by atoms with van der Waals surface area (Å²) in [4.78, 5) is 11.9. The minimum absolute atomic E-state index is 0.175. The van der Waals surface area contributed by atoms with Gasteiger partial charge in [-0.15, -0.1) is 0 Å². The predicted molar refractivity (Wildman–Crippen MR) is 94.0 cm³/mol. The molecule has 0 aliphatic carbocycles. The number of nitriles is 1. The average molecular weight is 304 g/mol. The summed E-state index contributed by atoms with van der Waals surface area (Å²) in [6.07, 6.45) is 3.69. The van der Waals surface area contributed by atoms with Crippen LogP contribution in [-0.2, 0) is 11.2 Å². The van der Waals surface area contributed by atoms with Crippen LogP contribution in [-0.4, -0.2) is 5.91 Å². The summed E-state index contributed by atoms with van der Waals surface area (Å²) in [7, 11) is 0. The summed E-state index contributed by atoms with van der Waals surface area (Å²) in [6.45, 7) is 4.31. The van der Waals surface area contributed by atoms with Gasteiger partial charge in [-0.05, 0) is 40.8 Å². The first-order valence-corrected chi connectivity index (χ1v) is 7.63. The van der Waals surface area contributed by atoms with Gasteiger partial charge in [-0.25, -0.2) is 0 Å². The van der Waals surface area contributed by atoms with Gasteiger partial charge in [-0.2, -0.15) is 5.26 Å². The molecule has 3 heteroatoms. The molecule has 1 N–H and O–H groups in total. The molecule has 0 radical (unpaired) electrons. The lowest BCUT2D eigenvalue weighted by Gasteiger charge is -2.05. The molecule has 3 nitrogen and oxygen atoms in total. The van der Waals surface area contributed by atoms with Crippen LogP contribution in [0.4, 0.5) is 5.69 Å². The van der Waals surface area contributed by atoms with Gasteiger partial charge in [0.15, 0.2) is 0 Å². The summed E-state index contributed by atoms with van der Waals surface area (Å²) in [6, 6.07) is 17.6. The Morgan fingerprint density at radius 3 is 2.35 bits per heavy atom. The van der Waals surface area contributed by atoms with E-state index < -0.39 is 0 Å². The van der Waals surface area contributed by atoms with E-state index in [4.69, 9.17) is 5.26 Å². The third-order valence-corrected chi connectivity index (χ3v) is 3.53. The smallest absolute Gasteiger partial charge is 0.248 e. The van der Waals surface area contributed by atoms with Crippen LogP contribution >= 0.6 is 0 Å². The molecule has 0 saturated carbocycles. The molecule has 2 aromatic rings. The highest BCUT2D eigenvalue weighted by Crippen LogP contribution is 2.15. The fourth-order valence-electron chi connectivity index (χ4n) is 2.15. The number of carbonyl (C=O) groups is 1. The molecule has 0 aromatic heterocycles. The summed E-state index contributed by atoms with van der Waals surface area (Å²) in [5.41, 5.74) is 3.93. The van der Waals surface area contributed by atoms with E-state index in [1.165, 1.54) is 11.6 Å². The Labute approximate surface area is 137 Å². The molecular formula is C20H20N2O. The lowest BCUT2D eigenvalue weighted by atomic mass is 10.0. The topological polar surface area (TPSA) is 52.9 Å². The van der Waals surface area contributed by atoms with E-state index in [1.807, 2.05) is 24.3 Å². The normalized spacial score (nSPS) is 10.7. The van der Waals surface area contributed by atoms with Crippen LogP contribution in [0.2, 0.25) is 0 Å². The predicted octanol–water partition coefficient (Wildman–Crippen LogP) is 4.53. The molecule has 0 heterocycles. The van der Waals surface area contributed by atoms with E-state index >= 15 is 0 Å². The number of carbonyl (C=O) groups excluding carboxylic acids is 1. The van der Waals surface area contributed by atoms with Crippen LogP contribution in [0, 0.1) is 11.3 Å². The molecule has 23 heavy (non-hydrogen) atoms. The highest BCUT2D eigenvalue weighted by molar-refractivity contribution is 6.01. The van der Waals surface area contributed by atoms with E-state index in [0.717, 1.165) is 16.8 Å². The Kier molecular flexibility index (Phi) is 5.71. The maximum absolute atomic E-state index is 11.9. The molecule has 0 spiro atoms. The standard InChI is InChI=1S/C20H20N2O/c1-15(2)18-8-3-16(4-9-18)7-12-20(23)22-19-10-5-17(6-11-19)13-14-21/h3-12,15H,13H2,1-2H3,(H,22,23)/b12-7+. The van der Waals surface area contributed by atoms with E-state index in [0.29, 0.717) is 12.3 Å². The van der Waals surface area contributed by atoms with Crippen molar-refractivity contribution in [2.24, 2.45) is 0 Å². The Morgan fingerprint density at radius 2 is 1.78 bits per heavy atom. The number of hydrogen-bond donors (Lipinski definition) is 1. The van der Waals surface area contributed by atoms with Crippen molar-refractivity contribution in [1.82, 2.24) is 0 Å². The fourth-order valence-corrected chi connectivity index (χ4v) is 2.15. The summed E-state index contributed by atoms with van der Waals surface area (Å²) < 4.78 is 0. The number of benzene rings is 2. The van der Waals surface area contributed by atoms with E-state index in [9.17, 15) is 4.79 Å². The summed E-state index contributed by atoms with van der Waals surface area (Å²) in [5, 5.41) is 11.4. The third-order valence-electron chi connectivity index (χ3n) is 3.53. The molecule has 2 aromatic carbocycles. The van der Waals surface area contributed by atoms with Crippen LogP contribution in [0.5, 0.6) is 0 Å². The summed E-state index contributed by atoms with van der Waals surface area (Å²) >= 11 is 0. The van der Waals surface area contributed by atoms with Crippen molar-refractivity contribution >= 4 is 17.7 Å². The Bertz CT molecular complexity index is 720. The maximum atomic E-state index is 11.9. The second-order valence-electron chi connectivity index (χ2n) is 5.68. The minimum Gasteiger partial charge on any atom is -0.323 e. The number of anilines is 1. The van der Waals surface area contributed by atoms with Crippen LogP contribution in [0.1, 0.15) is 36.5 Å². The van der Waals surface area contributed by atoms with Crippen molar-refractivity contribution in [3.05, 3.63) is 71.3 Å². The van der Waals surface area contributed by atoms with E-state index in [-0.39, 0.29) is 5.91 Å². The number of nitrogens with zero attached hydrogens (tertiary/aromatic N) is 1. The Hall–Kier alpha value is -2.86. The van der Waals surface area contributed by atoms with Gasteiger partial charge in [0.2, 0.25) is 5.91 Å². The Balaban J connectivity index is 1.94. The molecule has 116 valence electrons. The van der Waals surface area contributed by atoms with Gasteiger partial charge in [-0.3, -0.25) is 4.79 Å². The summed E-state index contributed by atoms with van der Waals surface area (Å²) in [5.74, 6) is 0.325. The molecule has 0 aliphatic rings. The molecule has 0 bridgehead atoms. The van der Waals surface area contributed by atoms with Crippen molar-refractivity contribution in [3.8, 4) is 6.07 Å². The van der Waals surface area contributed by atoms with Gasteiger partial charge < -0.3 is 5.32 Å². The molecule has 2 rings (SSSR count). The lowest BCUT2D eigenvalue weighted by molar-refractivity contribution is -0.111. The first-order chi connectivity index (χ1) is 11.1. The van der Waals surface area contributed by atoms with Crippen molar-refractivity contribution < 1.29 is 4.79 Å². The average Bonchev–Trinajstić information content (AvgIpc) is 2.55. The molecule has 0 fully saturated rings. The van der Waals surface area contributed by atoms with Gasteiger partial charge >= 0.3 is 0 Å². The van der Waals surface area contributed by atoms with Gasteiger partial charge in [0, 0.05) is 11.8 Å². The zero-order valence-electron chi connectivity index (χ0n) is 13.4. The van der Waals surface area contributed by atoms with E-state index in [1.54, 1.807) is 18.2 Å². The minimum atomic E-state index is -0.175. The van der Waals surface area contributed by atoms with Crippen LogP contribution in [0.3, 0.4) is 0 Å². The molecular weight excluding hydrogens is 284 g/mol. The third kappa shape index (κ3) is 5.12. The molecule has 0 aliphatic heterocycles. The van der Waals surface area contributed by atoms with Crippen molar-refractivity contribution in [1.29, 1.82) is 5.26 Å². The van der Waals surface area contributed by atoms with Crippen LogP contribution in [0.25, 0.3) is 6.08 Å². The monoisotopic (exact) mass is 304 g/mol. The van der Waals surface area contributed by atoms with Crippen LogP contribution < -0.4 is 5.32 Å². The fraction of sp³-hybridized carbons (Fsp3) is 0.200. The SMILES string of the molecule is CC(C)c1ccc(/C=C/C(=O)Nc2ccc(CC#N)cc2)cc1. The maximum Gasteiger partial charge on any atom is 0.248 e. The number of rotatable bonds is 5. The zero-order chi connectivity index (χ0) is 16.7. The van der Waals surface area contributed by atoms with Crippen molar-refractivity contribution in [2.75, 3.05) is 5.32 Å². The van der Waals surface area contributed by atoms with Gasteiger partial charge in [-0.1, -0.05) is 50.2 Å². The molecule has 0 unspecified atom stereocenters. The lowest BCUT2D eigenvalue weighted by Crippen LogP contribution is -2.07. The first-order valence-electron chi connectivity index (χ1n) is 7.63. The molecule has 0 atom stereocenters. The molecule has 1 amide bonds. The van der Waals surface area contributed by atoms with E-state index in [2.05, 4.69) is 37.4 Å². The van der Waals surface area contributed by atoms with Gasteiger partial charge in [0.05, 0.1) is 12.5 Å².